The Labute approximate surface area is 127 Å². The Bertz CT molecular complexity index is 633. The van der Waals surface area contributed by atoms with Crippen LogP contribution in [-0.2, 0) is 18.3 Å². The number of hydrogen-bond donors (Lipinski definition) is 0. The van der Waals surface area contributed by atoms with Crippen LogP contribution >= 0.6 is 11.6 Å². The molecule has 0 saturated carbocycles. The standard InChI is InChI=1S/C14H16ClFN4O/c1-19-9-17-18-14(19)13-8-20(4-5-21-13)7-10-2-3-11(16)6-12(10)15/h2-3,6,9,13H,4-5,7-8H2,1H3/t13-/m1/s1. The summed E-state index contributed by atoms with van der Waals surface area (Å²) in [5.41, 5.74) is 0.914. The lowest BCUT2D eigenvalue weighted by Crippen LogP contribution is -2.38. The van der Waals surface area contributed by atoms with Crippen molar-refractivity contribution in [1.29, 1.82) is 0 Å². The fourth-order valence-electron chi connectivity index (χ4n) is 2.48. The van der Waals surface area contributed by atoms with Gasteiger partial charge in [0.15, 0.2) is 5.82 Å². The number of ether oxygens (including phenoxy) is 1. The van der Waals surface area contributed by atoms with Gasteiger partial charge in [-0.25, -0.2) is 4.39 Å². The molecule has 5 nitrogen and oxygen atoms in total. The fourth-order valence-corrected chi connectivity index (χ4v) is 2.70. The van der Waals surface area contributed by atoms with Crippen molar-refractivity contribution in [1.82, 2.24) is 19.7 Å². The quantitative estimate of drug-likeness (QED) is 0.871. The van der Waals surface area contributed by atoms with Crippen LogP contribution in [0.15, 0.2) is 24.5 Å². The summed E-state index contributed by atoms with van der Waals surface area (Å²) in [6, 6.07) is 4.50. The van der Waals surface area contributed by atoms with Crippen LogP contribution in [-0.4, -0.2) is 39.4 Å². The second-order valence-electron chi connectivity index (χ2n) is 5.13. The molecule has 0 amide bonds. The zero-order valence-electron chi connectivity index (χ0n) is 11.7. The average Bonchev–Trinajstić information content (AvgIpc) is 2.89. The first-order chi connectivity index (χ1) is 10.1. The van der Waals surface area contributed by atoms with Gasteiger partial charge in [-0.2, -0.15) is 0 Å². The molecule has 0 N–H and O–H groups in total. The van der Waals surface area contributed by atoms with Crippen LogP contribution in [0.25, 0.3) is 0 Å². The van der Waals surface area contributed by atoms with Gasteiger partial charge in [0.25, 0.3) is 0 Å². The van der Waals surface area contributed by atoms with Gasteiger partial charge in [-0.05, 0) is 17.7 Å². The van der Waals surface area contributed by atoms with Crippen molar-refractivity contribution < 1.29 is 9.13 Å². The molecule has 0 bridgehead atoms. The molecule has 1 atom stereocenters. The smallest absolute Gasteiger partial charge is 0.163 e. The Morgan fingerprint density at radius 3 is 3.05 bits per heavy atom. The lowest BCUT2D eigenvalue weighted by atomic mass is 10.1. The predicted molar refractivity (Wildman–Crippen MR) is 76.4 cm³/mol. The third kappa shape index (κ3) is 3.23. The molecule has 1 aliphatic rings. The minimum atomic E-state index is -0.317. The lowest BCUT2D eigenvalue weighted by molar-refractivity contribution is -0.0385. The van der Waals surface area contributed by atoms with Gasteiger partial charge in [0, 0.05) is 31.7 Å². The number of aryl methyl sites for hydroxylation is 1. The maximum absolute atomic E-state index is 13.1. The Morgan fingerprint density at radius 2 is 2.33 bits per heavy atom. The summed E-state index contributed by atoms with van der Waals surface area (Å²) < 4.78 is 20.7. The molecule has 0 unspecified atom stereocenters. The number of morpholine rings is 1. The van der Waals surface area contributed by atoms with Crippen molar-refractivity contribution in [2.24, 2.45) is 7.05 Å². The molecule has 0 radical (unpaired) electrons. The summed E-state index contributed by atoms with van der Waals surface area (Å²) in [6.45, 7) is 2.80. The van der Waals surface area contributed by atoms with Gasteiger partial charge in [-0.1, -0.05) is 17.7 Å². The third-order valence-corrected chi connectivity index (χ3v) is 3.95. The molecule has 21 heavy (non-hydrogen) atoms. The first kappa shape index (κ1) is 14.4. The minimum absolute atomic E-state index is 0.106. The molecular formula is C14H16ClFN4O. The van der Waals surface area contributed by atoms with Crippen LogP contribution in [0.2, 0.25) is 5.02 Å². The number of benzene rings is 1. The van der Waals surface area contributed by atoms with Crippen molar-refractivity contribution in [3.8, 4) is 0 Å². The normalized spacial score (nSPS) is 19.9. The molecule has 1 aromatic carbocycles. The summed E-state index contributed by atoms with van der Waals surface area (Å²) in [6.07, 6.45) is 1.56. The van der Waals surface area contributed by atoms with E-state index in [0.29, 0.717) is 24.7 Å². The van der Waals surface area contributed by atoms with Gasteiger partial charge in [-0.3, -0.25) is 4.90 Å². The Balaban J connectivity index is 1.70. The second kappa shape index (κ2) is 6.09. The Hall–Kier alpha value is -1.50. The van der Waals surface area contributed by atoms with Gasteiger partial charge in [0.1, 0.15) is 18.2 Å². The number of aromatic nitrogens is 3. The summed E-state index contributed by atoms with van der Waals surface area (Å²) in [4.78, 5) is 2.22. The monoisotopic (exact) mass is 310 g/mol. The zero-order chi connectivity index (χ0) is 14.8. The largest absolute Gasteiger partial charge is 0.368 e. The first-order valence-corrected chi connectivity index (χ1v) is 7.13. The van der Waals surface area contributed by atoms with Crippen molar-refractivity contribution in [2.45, 2.75) is 12.6 Å². The van der Waals surface area contributed by atoms with Crippen LogP contribution in [0, 0.1) is 5.82 Å². The maximum atomic E-state index is 13.1. The van der Waals surface area contributed by atoms with Crippen LogP contribution < -0.4 is 0 Å². The maximum Gasteiger partial charge on any atom is 0.163 e. The van der Waals surface area contributed by atoms with Crippen molar-refractivity contribution in [3.05, 3.63) is 46.8 Å². The molecule has 112 valence electrons. The molecule has 3 rings (SSSR count). The number of halogens is 2. The van der Waals surface area contributed by atoms with Crippen molar-refractivity contribution in [3.63, 3.8) is 0 Å². The van der Waals surface area contributed by atoms with E-state index >= 15 is 0 Å². The van der Waals surface area contributed by atoms with E-state index in [2.05, 4.69) is 15.1 Å². The van der Waals surface area contributed by atoms with Crippen LogP contribution in [0.1, 0.15) is 17.5 Å². The van der Waals surface area contributed by atoms with E-state index in [-0.39, 0.29) is 11.9 Å². The highest BCUT2D eigenvalue weighted by atomic mass is 35.5. The summed E-state index contributed by atoms with van der Waals surface area (Å²) in [5.74, 6) is 0.493. The van der Waals surface area contributed by atoms with E-state index in [9.17, 15) is 4.39 Å². The molecule has 2 aromatic rings. The zero-order valence-corrected chi connectivity index (χ0v) is 12.4. The van der Waals surface area contributed by atoms with E-state index in [1.165, 1.54) is 12.1 Å². The minimum Gasteiger partial charge on any atom is -0.368 e. The van der Waals surface area contributed by atoms with Crippen molar-refractivity contribution in [2.75, 3.05) is 19.7 Å². The van der Waals surface area contributed by atoms with E-state index in [1.807, 2.05) is 11.6 Å². The highest BCUT2D eigenvalue weighted by Gasteiger charge is 2.25. The summed E-state index contributed by atoms with van der Waals surface area (Å²) >= 11 is 6.09. The summed E-state index contributed by atoms with van der Waals surface area (Å²) in [5, 5.41) is 8.43. The number of rotatable bonds is 3. The van der Waals surface area contributed by atoms with Gasteiger partial charge < -0.3 is 9.30 Å². The molecule has 1 saturated heterocycles. The highest BCUT2D eigenvalue weighted by molar-refractivity contribution is 6.31. The lowest BCUT2D eigenvalue weighted by Gasteiger charge is -2.32. The third-order valence-electron chi connectivity index (χ3n) is 3.59. The molecule has 0 spiro atoms. The molecule has 0 aliphatic carbocycles. The van der Waals surface area contributed by atoms with Crippen LogP contribution in [0.5, 0.6) is 0 Å². The molecule has 1 fully saturated rings. The Morgan fingerprint density at radius 1 is 1.48 bits per heavy atom. The Kier molecular flexibility index (Phi) is 4.19. The topological polar surface area (TPSA) is 43.2 Å². The van der Waals surface area contributed by atoms with E-state index in [4.69, 9.17) is 16.3 Å². The summed E-state index contributed by atoms with van der Waals surface area (Å²) in [7, 11) is 1.90. The van der Waals surface area contributed by atoms with E-state index in [0.717, 1.165) is 17.9 Å². The molecule has 2 heterocycles. The van der Waals surface area contributed by atoms with Crippen LogP contribution in [0.4, 0.5) is 4.39 Å². The first-order valence-electron chi connectivity index (χ1n) is 6.75. The molecular weight excluding hydrogens is 295 g/mol. The second-order valence-corrected chi connectivity index (χ2v) is 5.54. The van der Waals surface area contributed by atoms with E-state index < -0.39 is 0 Å². The van der Waals surface area contributed by atoms with Crippen molar-refractivity contribution >= 4 is 11.6 Å². The van der Waals surface area contributed by atoms with E-state index in [1.54, 1.807) is 12.4 Å². The molecule has 1 aromatic heterocycles. The molecule has 1 aliphatic heterocycles. The predicted octanol–water partition coefficient (Wildman–Crippen LogP) is 2.18. The van der Waals surface area contributed by atoms with Gasteiger partial charge in [0.2, 0.25) is 0 Å². The van der Waals surface area contributed by atoms with Gasteiger partial charge >= 0.3 is 0 Å². The van der Waals surface area contributed by atoms with Crippen LogP contribution in [0.3, 0.4) is 0 Å². The molecule has 7 heteroatoms. The van der Waals surface area contributed by atoms with Gasteiger partial charge in [-0.15, -0.1) is 10.2 Å². The van der Waals surface area contributed by atoms with Gasteiger partial charge in [0.05, 0.1) is 6.61 Å². The number of hydrogen-bond acceptors (Lipinski definition) is 4. The fraction of sp³-hybridized carbons (Fsp3) is 0.429. The SMILES string of the molecule is Cn1cnnc1[C@H]1CN(Cc2ccc(F)cc2Cl)CCO1. The average molecular weight is 311 g/mol. The number of nitrogens with zero attached hydrogens (tertiary/aromatic N) is 4. The highest BCUT2D eigenvalue weighted by Crippen LogP contribution is 2.24.